The molecule has 0 spiro atoms. The maximum absolute atomic E-state index is 12.5. The van der Waals surface area contributed by atoms with Crippen LogP contribution in [0.1, 0.15) is 37.3 Å². The van der Waals surface area contributed by atoms with Gasteiger partial charge in [0, 0.05) is 55.7 Å². The molecule has 1 saturated carbocycles. The largest absolute Gasteiger partial charge is 0.383 e. The van der Waals surface area contributed by atoms with E-state index in [4.69, 9.17) is 5.73 Å². The molecule has 0 bridgehead atoms. The lowest BCUT2D eigenvalue weighted by Crippen LogP contribution is -2.49. The topological polar surface area (TPSA) is 92.3 Å². The Kier molecular flexibility index (Phi) is 7.30. The van der Waals surface area contributed by atoms with E-state index in [0.29, 0.717) is 24.3 Å². The van der Waals surface area contributed by atoms with Crippen LogP contribution in [0.5, 0.6) is 0 Å². The van der Waals surface area contributed by atoms with Gasteiger partial charge in [0.2, 0.25) is 5.91 Å². The first-order chi connectivity index (χ1) is 19.0. The molecular weight excluding hydrogens is 486 g/mol. The van der Waals surface area contributed by atoms with Crippen molar-refractivity contribution in [3.05, 3.63) is 72.7 Å². The van der Waals surface area contributed by atoms with Crippen LogP contribution < -0.4 is 11.1 Å². The average molecular weight is 524 g/mol. The Morgan fingerprint density at radius 1 is 0.923 bits per heavy atom. The number of anilines is 2. The number of piperazine rings is 1. The number of nitrogen functional groups attached to an aromatic ring is 1. The summed E-state index contributed by atoms with van der Waals surface area (Å²) in [5.74, 6) is 0.474. The van der Waals surface area contributed by atoms with Crippen LogP contribution in [0.2, 0.25) is 0 Å². The third kappa shape index (κ3) is 5.53. The number of nitrogens with two attached hydrogens (primary N) is 1. The molecule has 2 aromatic carbocycles. The normalized spacial score (nSPS) is 20.7. The maximum atomic E-state index is 12.5. The van der Waals surface area contributed by atoms with Gasteiger partial charge in [-0.2, -0.15) is 0 Å². The minimum absolute atomic E-state index is 0.0321. The van der Waals surface area contributed by atoms with E-state index in [1.54, 1.807) is 6.33 Å². The summed E-state index contributed by atoms with van der Waals surface area (Å²) in [6.07, 6.45) is 8.81. The van der Waals surface area contributed by atoms with Gasteiger partial charge in [0.25, 0.3) is 0 Å². The maximum Gasteiger partial charge on any atom is 0.228 e. The molecule has 0 unspecified atom stereocenters. The van der Waals surface area contributed by atoms with Crippen molar-refractivity contribution in [1.29, 1.82) is 0 Å². The predicted octanol–water partition coefficient (Wildman–Crippen LogP) is 4.59. The lowest BCUT2D eigenvalue weighted by molar-refractivity contribution is -0.115. The van der Waals surface area contributed by atoms with Crippen LogP contribution in [0.3, 0.4) is 0 Å². The fourth-order valence-corrected chi connectivity index (χ4v) is 6.21. The Hall–Kier alpha value is -3.75. The number of hydrogen-bond acceptors (Lipinski definition) is 6. The molecule has 1 saturated heterocycles. The Balaban J connectivity index is 1.19. The number of likely N-dealkylation sites (N-methyl/N-ethyl adjacent to an activating group) is 1. The first-order valence-electron chi connectivity index (χ1n) is 14.0. The van der Waals surface area contributed by atoms with Gasteiger partial charge in [-0.05, 0) is 56.0 Å². The van der Waals surface area contributed by atoms with Gasteiger partial charge in [-0.25, -0.2) is 9.97 Å². The van der Waals surface area contributed by atoms with Crippen LogP contribution in [0.4, 0.5) is 11.5 Å². The molecule has 4 aromatic rings. The molecule has 1 amide bonds. The summed E-state index contributed by atoms with van der Waals surface area (Å²) in [5.41, 5.74) is 11.2. The number of hydrogen-bond donors (Lipinski definition) is 2. The molecular formula is C31H37N7O. The van der Waals surface area contributed by atoms with Gasteiger partial charge < -0.3 is 20.5 Å². The molecule has 202 valence electrons. The second-order valence-corrected chi connectivity index (χ2v) is 11.0. The molecule has 2 aliphatic rings. The Morgan fingerprint density at radius 2 is 1.62 bits per heavy atom. The molecule has 3 heterocycles. The highest BCUT2D eigenvalue weighted by Crippen LogP contribution is 2.39. The van der Waals surface area contributed by atoms with Crippen LogP contribution in [-0.2, 0) is 11.2 Å². The highest BCUT2D eigenvalue weighted by molar-refractivity contribution is 6.00. The standard InChI is InChI=1S/C31H37N7O/c1-36-15-17-37(18-16-36)25-11-13-26(14-12-25)38-20-27(29-30(32)33-21-34-31(29)38)23-9-7-22(8-10-23)19-28(39)35-24-5-3-2-4-6-24/h2-10,20-21,25-26H,11-19H2,1H3,(H,35,39)(H2,32,33,34). The number of nitrogens with zero attached hydrogens (tertiary/aromatic N) is 5. The first kappa shape index (κ1) is 25.5. The highest BCUT2D eigenvalue weighted by Gasteiger charge is 2.30. The van der Waals surface area contributed by atoms with Crippen molar-refractivity contribution in [2.24, 2.45) is 0 Å². The molecule has 8 heteroatoms. The second kappa shape index (κ2) is 11.2. The van der Waals surface area contributed by atoms with Crippen molar-refractivity contribution in [3.8, 4) is 11.1 Å². The summed E-state index contributed by atoms with van der Waals surface area (Å²) in [6.45, 7) is 4.68. The zero-order valence-electron chi connectivity index (χ0n) is 22.6. The van der Waals surface area contributed by atoms with Crippen molar-refractivity contribution >= 4 is 28.4 Å². The number of carbonyl (C=O) groups excluding carboxylic acids is 1. The summed E-state index contributed by atoms with van der Waals surface area (Å²) in [4.78, 5) is 26.6. The number of benzene rings is 2. The van der Waals surface area contributed by atoms with Crippen molar-refractivity contribution in [2.75, 3.05) is 44.3 Å². The van der Waals surface area contributed by atoms with E-state index in [0.717, 1.165) is 59.3 Å². The van der Waals surface area contributed by atoms with Crippen molar-refractivity contribution < 1.29 is 4.79 Å². The van der Waals surface area contributed by atoms with E-state index in [1.165, 1.54) is 25.9 Å². The minimum atomic E-state index is -0.0321. The fraction of sp³-hybridized carbons (Fsp3) is 0.387. The summed E-state index contributed by atoms with van der Waals surface area (Å²) in [6, 6.07) is 18.8. The molecule has 0 radical (unpaired) electrons. The SMILES string of the molecule is CN1CCN(C2CCC(n3cc(-c4ccc(CC(=O)Nc5ccccc5)cc4)c4c(N)ncnc43)CC2)CC1. The smallest absolute Gasteiger partial charge is 0.228 e. The zero-order valence-corrected chi connectivity index (χ0v) is 22.6. The van der Waals surface area contributed by atoms with E-state index >= 15 is 0 Å². The van der Waals surface area contributed by atoms with Crippen molar-refractivity contribution in [1.82, 2.24) is 24.3 Å². The number of nitrogens with one attached hydrogen (secondary N) is 1. The number of carbonyl (C=O) groups is 1. The van der Waals surface area contributed by atoms with Crippen molar-refractivity contribution in [2.45, 2.75) is 44.2 Å². The molecule has 3 N–H and O–H groups in total. The lowest BCUT2D eigenvalue weighted by Gasteiger charge is -2.41. The third-order valence-corrected chi connectivity index (χ3v) is 8.44. The van der Waals surface area contributed by atoms with Gasteiger partial charge in [-0.3, -0.25) is 9.69 Å². The average Bonchev–Trinajstić information content (AvgIpc) is 3.35. The number of rotatable bonds is 6. The van der Waals surface area contributed by atoms with E-state index in [2.05, 4.69) is 55.0 Å². The molecule has 39 heavy (non-hydrogen) atoms. The molecule has 2 fully saturated rings. The zero-order chi connectivity index (χ0) is 26.8. The number of para-hydroxylation sites is 1. The third-order valence-electron chi connectivity index (χ3n) is 8.44. The Labute approximate surface area is 229 Å². The van der Waals surface area contributed by atoms with Crippen LogP contribution in [0, 0.1) is 0 Å². The number of aromatic nitrogens is 3. The van der Waals surface area contributed by atoms with E-state index in [9.17, 15) is 4.79 Å². The van der Waals surface area contributed by atoms with Crippen LogP contribution in [0.25, 0.3) is 22.2 Å². The van der Waals surface area contributed by atoms with Gasteiger partial charge in [-0.15, -0.1) is 0 Å². The Morgan fingerprint density at radius 3 is 2.33 bits per heavy atom. The molecule has 0 atom stereocenters. The number of amides is 1. The molecule has 8 nitrogen and oxygen atoms in total. The summed E-state index contributed by atoms with van der Waals surface area (Å²) in [5, 5.41) is 3.86. The van der Waals surface area contributed by atoms with Crippen LogP contribution >= 0.6 is 0 Å². The lowest BCUT2D eigenvalue weighted by atomic mass is 9.89. The van der Waals surface area contributed by atoms with Gasteiger partial charge in [0.1, 0.15) is 17.8 Å². The predicted molar refractivity (Wildman–Crippen MR) is 157 cm³/mol. The van der Waals surface area contributed by atoms with Gasteiger partial charge >= 0.3 is 0 Å². The molecule has 6 rings (SSSR count). The van der Waals surface area contributed by atoms with Crippen LogP contribution in [-0.4, -0.2) is 69.5 Å². The molecule has 2 aromatic heterocycles. The Bertz CT molecular complexity index is 1420. The quantitative estimate of drug-likeness (QED) is 0.384. The minimum Gasteiger partial charge on any atom is -0.383 e. The van der Waals surface area contributed by atoms with E-state index < -0.39 is 0 Å². The van der Waals surface area contributed by atoms with Gasteiger partial charge in [-0.1, -0.05) is 42.5 Å². The van der Waals surface area contributed by atoms with Crippen molar-refractivity contribution in [3.63, 3.8) is 0 Å². The second-order valence-electron chi connectivity index (χ2n) is 11.0. The summed E-state index contributed by atoms with van der Waals surface area (Å²) in [7, 11) is 2.22. The summed E-state index contributed by atoms with van der Waals surface area (Å²) < 4.78 is 2.34. The summed E-state index contributed by atoms with van der Waals surface area (Å²) >= 11 is 0. The van der Waals surface area contributed by atoms with Crippen LogP contribution in [0.15, 0.2) is 67.1 Å². The van der Waals surface area contributed by atoms with Gasteiger partial charge in [0.15, 0.2) is 0 Å². The first-order valence-corrected chi connectivity index (χ1v) is 14.0. The van der Waals surface area contributed by atoms with E-state index in [-0.39, 0.29) is 5.91 Å². The van der Waals surface area contributed by atoms with E-state index in [1.807, 2.05) is 42.5 Å². The fourth-order valence-electron chi connectivity index (χ4n) is 6.21. The molecule has 1 aliphatic heterocycles. The highest BCUT2D eigenvalue weighted by atomic mass is 16.1. The number of fused-ring (bicyclic) bond motifs is 1. The monoisotopic (exact) mass is 523 g/mol. The van der Waals surface area contributed by atoms with Gasteiger partial charge in [0.05, 0.1) is 11.8 Å². The molecule has 1 aliphatic carbocycles.